The van der Waals surface area contributed by atoms with Gasteiger partial charge >= 0.3 is 0 Å². The summed E-state index contributed by atoms with van der Waals surface area (Å²) in [6.07, 6.45) is 3.22. The summed E-state index contributed by atoms with van der Waals surface area (Å²) >= 11 is 0. The third-order valence-electron chi connectivity index (χ3n) is 4.31. The molecule has 0 aromatic heterocycles. The van der Waals surface area contributed by atoms with Crippen LogP contribution in [0.5, 0.6) is 0 Å². The Morgan fingerprint density at radius 1 is 1.25 bits per heavy atom. The molecule has 0 aliphatic carbocycles. The predicted molar refractivity (Wildman–Crippen MR) is 83.3 cm³/mol. The van der Waals surface area contributed by atoms with Gasteiger partial charge in [0.1, 0.15) is 0 Å². The van der Waals surface area contributed by atoms with Crippen molar-refractivity contribution in [3.63, 3.8) is 0 Å². The van der Waals surface area contributed by atoms with Crippen LogP contribution in [-0.2, 0) is 6.54 Å². The summed E-state index contributed by atoms with van der Waals surface area (Å²) in [4.78, 5) is 2.58. The minimum absolute atomic E-state index is 0.135. The largest absolute Gasteiger partial charge is 0.395 e. The molecule has 108 valence electrons. The Bertz CT molecular complexity index is 468. The van der Waals surface area contributed by atoms with Crippen LogP contribution >= 0.6 is 0 Å². The topological polar surface area (TPSA) is 23.5 Å². The number of benzene rings is 1. The van der Waals surface area contributed by atoms with Crippen LogP contribution in [0, 0.1) is 17.8 Å². The van der Waals surface area contributed by atoms with Crippen molar-refractivity contribution in [2.24, 2.45) is 5.92 Å². The normalized spacial score (nSPS) is 23.1. The molecule has 2 nitrogen and oxygen atoms in total. The van der Waals surface area contributed by atoms with Gasteiger partial charge in [0.2, 0.25) is 0 Å². The molecule has 0 spiro atoms. The SMILES string of the molecule is CC1CCCN(Cc2ccc(C#CCCO)cc2)C1C. The van der Waals surface area contributed by atoms with Crippen LogP contribution in [0.4, 0.5) is 0 Å². The molecule has 0 amide bonds. The van der Waals surface area contributed by atoms with Gasteiger partial charge in [0.25, 0.3) is 0 Å². The van der Waals surface area contributed by atoms with Crippen LogP contribution in [0.25, 0.3) is 0 Å². The van der Waals surface area contributed by atoms with Crippen molar-refractivity contribution in [2.75, 3.05) is 13.2 Å². The van der Waals surface area contributed by atoms with Gasteiger partial charge in [-0.2, -0.15) is 0 Å². The van der Waals surface area contributed by atoms with Crippen molar-refractivity contribution >= 4 is 0 Å². The molecule has 1 aromatic carbocycles. The van der Waals surface area contributed by atoms with Gasteiger partial charge in [-0.1, -0.05) is 30.9 Å². The summed E-state index contributed by atoms with van der Waals surface area (Å²) in [6.45, 7) is 7.09. The average molecular weight is 271 g/mol. The van der Waals surface area contributed by atoms with Crippen LogP contribution in [0.2, 0.25) is 0 Å². The maximum atomic E-state index is 8.71. The second-order valence-corrected chi connectivity index (χ2v) is 5.80. The molecule has 1 heterocycles. The molecule has 2 atom stereocenters. The maximum absolute atomic E-state index is 8.71. The first kappa shape index (κ1) is 15.1. The van der Waals surface area contributed by atoms with Crippen molar-refractivity contribution in [1.82, 2.24) is 4.90 Å². The van der Waals surface area contributed by atoms with Gasteiger partial charge in [0.05, 0.1) is 6.61 Å². The molecule has 1 fully saturated rings. The van der Waals surface area contributed by atoms with E-state index in [0.717, 1.165) is 18.0 Å². The van der Waals surface area contributed by atoms with E-state index >= 15 is 0 Å². The second-order valence-electron chi connectivity index (χ2n) is 5.80. The minimum Gasteiger partial charge on any atom is -0.395 e. The lowest BCUT2D eigenvalue weighted by Gasteiger charge is -2.38. The molecule has 1 aromatic rings. The molecule has 1 saturated heterocycles. The number of aliphatic hydroxyl groups excluding tert-OH is 1. The summed E-state index contributed by atoms with van der Waals surface area (Å²) in [5, 5.41) is 8.71. The lowest BCUT2D eigenvalue weighted by molar-refractivity contribution is 0.106. The second kappa shape index (κ2) is 7.47. The summed E-state index contributed by atoms with van der Waals surface area (Å²) in [5.74, 6) is 6.82. The van der Waals surface area contributed by atoms with E-state index in [4.69, 9.17) is 5.11 Å². The number of nitrogens with zero attached hydrogens (tertiary/aromatic N) is 1. The third kappa shape index (κ3) is 4.10. The van der Waals surface area contributed by atoms with Gasteiger partial charge in [-0.15, -0.1) is 0 Å². The Morgan fingerprint density at radius 3 is 2.70 bits per heavy atom. The Morgan fingerprint density at radius 2 is 2.00 bits per heavy atom. The number of likely N-dealkylation sites (tertiary alicyclic amines) is 1. The van der Waals surface area contributed by atoms with E-state index in [0.29, 0.717) is 12.5 Å². The Kier molecular flexibility index (Phi) is 5.64. The van der Waals surface area contributed by atoms with E-state index in [2.05, 4.69) is 54.9 Å². The zero-order valence-corrected chi connectivity index (χ0v) is 12.6. The molecule has 2 unspecified atom stereocenters. The van der Waals surface area contributed by atoms with Crippen LogP contribution in [0.15, 0.2) is 24.3 Å². The molecular weight excluding hydrogens is 246 g/mol. The van der Waals surface area contributed by atoms with Crippen molar-refractivity contribution in [3.05, 3.63) is 35.4 Å². The van der Waals surface area contributed by atoms with Gasteiger partial charge in [-0.25, -0.2) is 0 Å². The number of rotatable bonds is 3. The van der Waals surface area contributed by atoms with Crippen LogP contribution in [0.3, 0.4) is 0 Å². The van der Waals surface area contributed by atoms with Crippen molar-refractivity contribution in [1.29, 1.82) is 0 Å². The first-order valence-electron chi connectivity index (χ1n) is 7.63. The predicted octanol–water partition coefficient (Wildman–Crippen LogP) is 3.04. The Balaban J connectivity index is 1.95. The zero-order valence-electron chi connectivity index (χ0n) is 12.6. The highest BCUT2D eigenvalue weighted by atomic mass is 16.2. The van der Waals surface area contributed by atoms with Gasteiger partial charge in [0, 0.05) is 24.6 Å². The molecule has 1 aliphatic heterocycles. The molecule has 20 heavy (non-hydrogen) atoms. The molecular formula is C18H25NO. The van der Waals surface area contributed by atoms with E-state index in [1.165, 1.54) is 24.9 Å². The standard InChI is InChI=1S/C18H25NO/c1-15-6-5-12-19(16(15)2)14-18-10-8-17(9-11-18)7-3-4-13-20/h8-11,15-16,20H,4-6,12-14H2,1-2H3. The van der Waals surface area contributed by atoms with E-state index in [9.17, 15) is 0 Å². The first-order valence-corrected chi connectivity index (χ1v) is 7.63. The van der Waals surface area contributed by atoms with Gasteiger partial charge in [-0.05, 0) is 49.9 Å². The fourth-order valence-electron chi connectivity index (χ4n) is 2.79. The fourth-order valence-corrected chi connectivity index (χ4v) is 2.79. The number of aliphatic hydroxyl groups is 1. The number of hydrogen-bond acceptors (Lipinski definition) is 2. The first-order chi connectivity index (χ1) is 9.70. The highest BCUT2D eigenvalue weighted by Crippen LogP contribution is 2.24. The van der Waals surface area contributed by atoms with Gasteiger partial charge in [0.15, 0.2) is 0 Å². The quantitative estimate of drug-likeness (QED) is 0.854. The minimum atomic E-state index is 0.135. The van der Waals surface area contributed by atoms with Crippen molar-refractivity contribution in [3.8, 4) is 11.8 Å². The summed E-state index contributed by atoms with van der Waals surface area (Å²) in [7, 11) is 0. The molecule has 1 N–H and O–H groups in total. The molecule has 0 bridgehead atoms. The smallest absolute Gasteiger partial charge is 0.0540 e. The van der Waals surface area contributed by atoms with Gasteiger partial charge in [-0.3, -0.25) is 4.90 Å². The third-order valence-corrected chi connectivity index (χ3v) is 4.31. The highest BCUT2D eigenvalue weighted by molar-refractivity contribution is 5.36. The van der Waals surface area contributed by atoms with E-state index in [1.54, 1.807) is 0 Å². The van der Waals surface area contributed by atoms with Crippen LogP contribution in [-0.4, -0.2) is 29.2 Å². The number of hydrogen-bond donors (Lipinski definition) is 1. The fraction of sp³-hybridized carbons (Fsp3) is 0.556. The summed E-state index contributed by atoms with van der Waals surface area (Å²) < 4.78 is 0. The van der Waals surface area contributed by atoms with E-state index in [1.807, 2.05) is 0 Å². The molecule has 2 rings (SSSR count). The molecule has 0 radical (unpaired) electrons. The van der Waals surface area contributed by atoms with Crippen molar-refractivity contribution in [2.45, 2.75) is 45.7 Å². The van der Waals surface area contributed by atoms with Gasteiger partial charge < -0.3 is 5.11 Å². The lowest BCUT2D eigenvalue weighted by atomic mass is 9.91. The van der Waals surface area contributed by atoms with E-state index in [-0.39, 0.29) is 6.61 Å². The zero-order chi connectivity index (χ0) is 14.4. The molecule has 1 aliphatic rings. The Hall–Kier alpha value is -1.30. The Labute approximate surface area is 122 Å². The van der Waals surface area contributed by atoms with E-state index < -0.39 is 0 Å². The molecule has 2 heteroatoms. The van der Waals surface area contributed by atoms with Crippen molar-refractivity contribution < 1.29 is 5.11 Å². The summed E-state index contributed by atoms with van der Waals surface area (Å²) in [6, 6.07) is 9.19. The lowest BCUT2D eigenvalue weighted by Crippen LogP contribution is -2.41. The average Bonchev–Trinajstić information content (AvgIpc) is 2.46. The maximum Gasteiger partial charge on any atom is 0.0540 e. The summed E-state index contributed by atoms with van der Waals surface area (Å²) in [5.41, 5.74) is 2.39. The van der Waals surface area contributed by atoms with Crippen LogP contribution in [0.1, 0.15) is 44.2 Å². The number of piperidine rings is 1. The monoisotopic (exact) mass is 271 g/mol. The van der Waals surface area contributed by atoms with Crippen LogP contribution < -0.4 is 0 Å². The molecule has 0 saturated carbocycles. The highest BCUT2D eigenvalue weighted by Gasteiger charge is 2.24.